The van der Waals surface area contributed by atoms with E-state index in [1.54, 1.807) is 0 Å². The van der Waals surface area contributed by atoms with Gasteiger partial charge in [0.05, 0.1) is 82.3 Å². The zero-order valence-electron chi connectivity index (χ0n) is 19.9. The first-order valence-corrected chi connectivity index (χ1v) is 16.3. The number of phosphoric acid groups is 2. The summed E-state index contributed by atoms with van der Waals surface area (Å²) in [5, 5.41) is 34.0. The first-order valence-electron chi connectivity index (χ1n) is 10.7. The molecular weight excluding hydrogens is 612 g/mol. The molecule has 6 aliphatic rings. The minimum atomic E-state index is -3.31. The minimum absolute atomic E-state index is 0. The summed E-state index contributed by atoms with van der Waals surface area (Å²) in [4.78, 5) is 8.47. The van der Waals surface area contributed by atoms with Gasteiger partial charge in [-0.25, -0.2) is 9.13 Å². The maximum atomic E-state index is 11.4. The molecule has 0 aromatic carbocycles. The minimum Gasteiger partial charge on any atom is -0.396 e. The van der Waals surface area contributed by atoms with E-state index in [0.29, 0.717) is 0 Å². The number of hydrogen-bond donors (Lipinski definition) is 5. The Kier molecular flexibility index (Phi) is 16.8. The van der Waals surface area contributed by atoms with E-state index in [4.69, 9.17) is 57.0 Å². The van der Waals surface area contributed by atoms with Crippen molar-refractivity contribution in [2.75, 3.05) is 85.9 Å². The van der Waals surface area contributed by atoms with Crippen LogP contribution < -0.4 is 0 Å². The average molecular weight is 652 g/mol. The van der Waals surface area contributed by atoms with Crippen molar-refractivity contribution in [3.05, 3.63) is 0 Å². The van der Waals surface area contributed by atoms with Crippen LogP contribution in [0.4, 0.5) is 0 Å². The van der Waals surface area contributed by atoms with Crippen LogP contribution in [0.1, 0.15) is 14.9 Å². The molecule has 2 atom stereocenters. The average Bonchev–Trinajstić information content (AvgIpc) is 2.91. The van der Waals surface area contributed by atoms with E-state index >= 15 is 0 Å². The van der Waals surface area contributed by atoms with Gasteiger partial charge in [-0.3, -0.25) is 27.1 Å². The van der Waals surface area contributed by atoms with Crippen molar-refractivity contribution < 1.29 is 79.8 Å². The Morgan fingerprint density at radius 1 is 0.692 bits per heavy atom. The highest BCUT2D eigenvalue weighted by molar-refractivity contribution is 7.48. The molecule has 0 aromatic heterocycles. The third-order valence-corrected chi connectivity index (χ3v) is 9.06. The van der Waals surface area contributed by atoms with Crippen LogP contribution in [0.2, 0.25) is 0 Å². The number of fused-ring (bicyclic) bond motifs is 6. The topological polar surface area (TPSA) is 243 Å². The smallest absolute Gasteiger partial charge is 0.396 e. The lowest BCUT2D eigenvalue weighted by Gasteiger charge is -2.42. The Morgan fingerprint density at radius 2 is 0.974 bits per heavy atom. The number of hydrogen-bond acceptors (Lipinski definition) is 16. The van der Waals surface area contributed by atoms with Crippen molar-refractivity contribution in [3.63, 3.8) is 0 Å². The van der Waals surface area contributed by atoms with Gasteiger partial charge in [-0.05, 0) is 4.57 Å². The molecule has 39 heavy (non-hydrogen) atoms. The van der Waals surface area contributed by atoms with Crippen LogP contribution in [0.5, 0.6) is 0 Å². The number of aliphatic hydroxyl groups excluding tert-OH is 4. The van der Waals surface area contributed by atoms with E-state index in [2.05, 4.69) is 4.52 Å². The Hall–Kier alpha value is 0.140. The summed E-state index contributed by atoms with van der Waals surface area (Å²) < 4.78 is 82.7. The normalized spacial score (nSPS) is 33.3. The molecule has 0 amide bonds. The zero-order valence-corrected chi connectivity index (χ0v) is 23.5. The predicted molar refractivity (Wildman–Crippen MR) is 135 cm³/mol. The third-order valence-electron chi connectivity index (χ3n) is 5.55. The highest BCUT2D eigenvalue weighted by Crippen LogP contribution is 2.61. The molecule has 0 saturated carbocycles. The van der Waals surface area contributed by atoms with Crippen LogP contribution in [0.15, 0.2) is 0 Å². The summed E-state index contributed by atoms with van der Waals surface area (Å²) in [5.74, 6) is 0. The molecule has 5 N–H and O–H groups in total. The van der Waals surface area contributed by atoms with Crippen LogP contribution in [0.3, 0.4) is 0 Å². The standard InChI is InChI=1S/C6H11O6P2.C5H8O7P2.C5H12O4.2CH4/c1-13(7)9-2-6-3-10-14(8,11-4-6)12-5-6;6-13(7)9-1-5-2-10-14(8,11-3-5)12-4-5;6-1-5(2-7,3-8)4-9;;/h2-5H2,1H3;1-4H2;6-9H,1-4H2;2*1H4/q+1;;;;/p+1. The van der Waals surface area contributed by atoms with E-state index in [-0.39, 0.29) is 67.7 Å². The Morgan fingerprint density at radius 3 is 1.18 bits per heavy atom. The third kappa shape index (κ3) is 11.4. The second-order valence-electron chi connectivity index (χ2n) is 8.89. The molecule has 0 radical (unpaired) electrons. The molecule has 2 unspecified atom stereocenters. The van der Waals surface area contributed by atoms with Gasteiger partial charge in [0.1, 0.15) is 13.2 Å². The first kappa shape index (κ1) is 39.1. The Bertz CT molecular complexity index is 742. The molecule has 17 nitrogen and oxygen atoms in total. The summed E-state index contributed by atoms with van der Waals surface area (Å²) in [6, 6.07) is 0. The maximum Gasteiger partial charge on any atom is 0.694 e. The van der Waals surface area contributed by atoms with Crippen molar-refractivity contribution in [2.24, 2.45) is 16.2 Å². The monoisotopic (exact) mass is 652 g/mol. The van der Waals surface area contributed by atoms with Gasteiger partial charge in [0.25, 0.3) is 0 Å². The van der Waals surface area contributed by atoms with Gasteiger partial charge >= 0.3 is 31.9 Å². The van der Waals surface area contributed by atoms with Crippen LogP contribution in [0, 0.1) is 16.2 Å². The molecule has 0 spiro atoms. The molecule has 6 saturated heterocycles. The predicted octanol–water partition coefficient (Wildman–Crippen LogP) is 1.59. The number of aliphatic hydroxyl groups is 4. The van der Waals surface area contributed by atoms with Crippen molar-refractivity contribution >= 4 is 31.9 Å². The molecule has 0 aromatic rings. The summed E-state index contributed by atoms with van der Waals surface area (Å²) >= 11 is 0. The van der Waals surface area contributed by atoms with Crippen LogP contribution in [-0.4, -0.2) is 111 Å². The molecule has 6 heterocycles. The van der Waals surface area contributed by atoms with Crippen LogP contribution in [0.25, 0.3) is 0 Å². The second-order valence-corrected chi connectivity index (χ2v) is 14.1. The largest absolute Gasteiger partial charge is 0.694 e. The van der Waals surface area contributed by atoms with Crippen molar-refractivity contribution in [1.82, 2.24) is 0 Å². The van der Waals surface area contributed by atoms with E-state index < -0.39 is 74.6 Å². The first-order chi connectivity index (χ1) is 17.3. The van der Waals surface area contributed by atoms with Crippen LogP contribution in [-0.2, 0) is 54.5 Å². The molecular formula is C18H40O17P4+2. The van der Waals surface area contributed by atoms with Gasteiger partial charge in [-0.2, -0.15) is 0 Å². The molecule has 232 valence electrons. The summed E-state index contributed by atoms with van der Waals surface area (Å²) in [5.41, 5.74) is -2.17. The Labute approximate surface area is 229 Å². The molecule has 21 heteroatoms. The van der Waals surface area contributed by atoms with E-state index in [1.807, 2.05) is 0 Å². The molecule has 6 aliphatic heterocycles. The van der Waals surface area contributed by atoms with Gasteiger partial charge in [0.15, 0.2) is 6.66 Å². The van der Waals surface area contributed by atoms with E-state index in [9.17, 15) is 18.3 Å². The molecule has 0 aliphatic carbocycles. The van der Waals surface area contributed by atoms with E-state index in [1.165, 1.54) is 6.66 Å². The van der Waals surface area contributed by atoms with Gasteiger partial charge < -0.3 is 20.4 Å². The second kappa shape index (κ2) is 16.7. The lowest BCUT2D eigenvalue weighted by atomic mass is 9.93. The molecule has 6 rings (SSSR count). The SMILES string of the molecule is C.C.C[P+](=O)OCC12COP(=O)(OC1)OC2.O=[P+](O)OCC12COP(=O)(OC1)OC2.OCC(CO)(CO)CO. The lowest BCUT2D eigenvalue weighted by Crippen LogP contribution is -2.47. The highest BCUT2D eigenvalue weighted by atomic mass is 31.2. The lowest BCUT2D eigenvalue weighted by molar-refractivity contribution is -0.110. The van der Waals surface area contributed by atoms with Crippen molar-refractivity contribution in [3.8, 4) is 0 Å². The fraction of sp³-hybridized carbons (Fsp3) is 1.00. The van der Waals surface area contributed by atoms with Crippen LogP contribution >= 0.6 is 31.9 Å². The summed E-state index contributed by atoms with van der Waals surface area (Å²) in [6.45, 7) is 1.37. The summed E-state index contributed by atoms with van der Waals surface area (Å²) in [6.07, 6.45) is 0. The van der Waals surface area contributed by atoms with Gasteiger partial charge in [-0.15, -0.1) is 13.9 Å². The summed E-state index contributed by atoms with van der Waals surface area (Å²) in [7, 11) is -10.8. The molecule has 6 fully saturated rings. The zero-order chi connectivity index (χ0) is 27.8. The Balaban J connectivity index is 0.000000557. The quantitative estimate of drug-likeness (QED) is 0.210. The van der Waals surface area contributed by atoms with Gasteiger partial charge in [0.2, 0.25) is 0 Å². The number of phosphoric ester groups is 2. The van der Waals surface area contributed by atoms with Gasteiger partial charge in [0, 0.05) is 4.57 Å². The molecule has 4 bridgehead atoms. The van der Waals surface area contributed by atoms with E-state index in [0.717, 1.165) is 0 Å². The van der Waals surface area contributed by atoms with Crippen molar-refractivity contribution in [1.29, 1.82) is 0 Å². The highest BCUT2D eigenvalue weighted by Gasteiger charge is 2.53. The fourth-order valence-electron chi connectivity index (χ4n) is 2.74. The fourth-order valence-corrected chi connectivity index (χ4v) is 6.62. The van der Waals surface area contributed by atoms with Crippen molar-refractivity contribution in [2.45, 2.75) is 14.9 Å². The number of rotatable bonds is 10. The van der Waals surface area contributed by atoms with Gasteiger partial charge in [-0.1, -0.05) is 14.9 Å². The maximum absolute atomic E-state index is 11.4.